The molecule has 0 bridgehead atoms. The van der Waals surface area contributed by atoms with Gasteiger partial charge in [-0.2, -0.15) is 13.2 Å². The van der Waals surface area contributed by atoms with Gasteiger partial charge in [-0.3, -0.25) is 9.69 Å². The van der Waals surface area contributed by atoms with Crippen LogP contribution in [0.1, 0.15) is 40.4 Å². The van der Waals surface area contributed by atoms with Crippen molar-refractivity contribution in [3.8, 4) is 0 Å². The number of Topliss-reactive ketones (excluding diaryl/α,β-unsaturated/α-hetero) is 1. The molecule has 9 heteroatoms. The summed E-state index contributed by atoms with van der Waals surface area (Å²) in [7, 11) is 0. The fraction of sp³-hybridized carbons (Fsp3) is 0.364. The molecule has 1 amide bonds. The number of piperidine rings is 1. The number of likely N-dealkylation sites (tertiary alicyclic amines) is 1. The lowest BCUT2D eigenvalue weighted by Crippen LogP contribution is -2.41. The van der Waals surface area contributed by atoms with Crippen LogP contribution in [0.25, 0.3) is 0 Å². The van der Waals surface area contributed by atoms with Gasteiger partial charge in [0.1, 0.15) is 12.4 Å². The minimum atomic E-state index is -4.45. The summed E-state index contributed by atoms with van der Waals surface area (Å²) in [4.78, 5) is 25.7. The molecule has 0 aliphatic carbocycles. The molecular weight excluding hydrogens is 416 g/mol. The van der Waals surface area contributed by atoms with Crippen LogP contribution in [-0.2, 0) is 10.9 Å². The number of hydrogen-bond donors (Lipinski definition) is 1. The van der Waals surface area contributed by atoms with E-state index in [9.17, 15) is 27.2 Å². The highest BCUT2D eigenvalue weighted by Crippen LogP contribution is 2.33. The first-order chi connectivity index (χ1) is 14.6. The van der Waals surface area contributed by atoms with E-state index in [-0.39, 0.29) is 18.3 Å². The van der Waals surface area contributed by atoms with Crippen LogP contribution in [0.2, 0.25) is 0 Å². The van der Waals surface area contributed by atoms with Crippen molar-refractivity contribution >= 4 is 11.9 Å². The normalized spacial score (nSPS) is 16.6. The molecule has 2 aromatic rings. The van der Waals surface area contributed by atoms with E-state index in [4.69, 9.17) is 10.5 Å². The minimum absolute atomic E-state index is 0.0703. The number of hydrogen-bond acceptors (Lipinski definition) is 4. The fourth-order valence-corrected chi connectivity index (χ4v) is 3.79. The SMILES string of the molecule is NC(=O)OCC(c1ccc(C(F)(F)F)cc1)N1CCC(C(=O)c2ccc(F)cc2)CC1. The molecule has 0 radical (unpaired) electrons. The van der Waals surface area contributed by atoms with E-state index in [0.29, 0.717) is 37.1 Å². The Morgan fingerprint density at radius 3 is 2.13 bits per heavy atom. The van der Waals surface area contributed by atoms with Gasteiger partial charge in [0.2, 0.25) is 0 Å². The van der Waals surface area contributed by atoms with E-state index < -0.39 is 29.7 Å². The lowest BCUT2D eigenvalue weighted by molar-refractivity contribution is -0.137. The fourth-order valence-electron chi connectivity index (χ4n) is 3.79. The average molecular weight is 438 g/mol. The van der Waals surface area contributed by atoms with Gasteiger partial charge in [0, 0.05) is 11.5 Å². The first kappa shape index (κ1) is 22.7. The molecule has 1 fully saturated rings. The molecule has 2 aromatic carbocycles. The van der Waals surface area contributed by atoms with Crippen LogP contribution in [0.5, 0.6) is 0 Å². The summed E-state index contributed by atoms with van der Waals surface area (Å²) in [6, 6.07) is 9.58. The van der Waals surface area contributed by atoms with Crippen molar-refractivity contribution in [3.05, 3.63) is 71.0 Å². The molecule has 5 nitrogen and oxygen atoms in total. The first-order valence-electron chi connectivity index (χ1n) is 9.78. The van der Waals surface area contributed by atoms with Crippen LogP contribution in [0.3, 0.4) is 0 Å². The average Bonchev–Trinajstić information content (AvgIpc) is 2.74. The zero-order chi connectivity index (χ0) is 22.6. The number of carbonyl (C=O) groups excluding carboxylic acids is 2. The largest absolute Gasteiger partial charge is 0.448 e. The molecule has 1 atom stereocenters. The van der Waals surface area contributed by atoms with E-state index in [2.05, 4.69) is 0 Å². The van der Waals surface area contributed by atoms with Gasteiger partial charge < -0.3 is 10.5 Å². The smallest absolute Gasteiger partial charge is 0.416 e. The number of rotatable bonds is 6. The van der Waals surface area contributed by atoms with E-state index in [1.54, 1.807) is 0 Å². The summed E-state index contributed by atoms with van der Waals surface area (Å²) in [5.41, 5.74) is 5.29. The summed E-state index contributed by atoms with van der Waals surface area (Å²) < 4.78 is 56.6. The molecule has 2 N–H and O–H groups in total. The molecule has 0 aromatic heterocycles. The monoisotopic (exact) mass is 438 g/mol. The maximum absolute atomic E-state index is 13.1. The predicted octanol–water partition coefficient (Wildman–Crippen LogP) is 4.58. The predicted molar refractivity (Wildman–Crippen MR) is 105 cm³/mol. The number of ketones is 1. The number of ether oxygens (including phenoxy) is 1. The second kappa shape index (κ2) is 9.47. The van der Waals surface area contributed by atoms with E-state index in [1.807, 2.05) is 4.90 Å². The Labute approximate surface area is 176 Å². The standard InChI is InChI=1S/C22H22F4N2O3/c23-18-7-3-15(4-8-18)20(29)16-9-11-28(12-10-16)19(13-31-21(27)30)14-1-5-17(6-2-14)22(24,25)26/h1-8,16,19H,9-13H2,(H2,27,30). The zero-order valence-electron chi connectivity index (χ0n) is 16.6. The number of primary amides is 1. The minimum Gasteiger partial charge on any atom is -0.448 e. The molecule has 1 aliphatic heterocycles. The number of nitrogens with two attached hydrogens (primary N) is 1. The van der Waals surface area contributed by atoms with Crippen molar-refractivity contribution in [2.24, 2.45) is 11.7 Å². The van der Waals surface area contributed by atoms with Gasteiger partial charge in [-0.1, -0.05) is 12.1 Å². The molecular formula is C22H22F4N2O3. The molecule has 1 heterocycles. The van der Waals surface area contributed by atoms with Crippen molar-refractivity contribution in [2.75, 3.05) is 19.7 Å². The van der Waals surface area contributed by atoms with Crippen molar-refractivity contribution in [1.29, 1.82) is 0 Å². The summed E-state index contributed by atoms with van der Waals surface area (Å²) in [6.07, 6.45) is -4.39. The maximum atomic E-state index is 13.1. The highest BCUT2D eigenvalue weighted by Gasteiger charge is 2.33. The number of carbonyl (C=O) groups is 2. The van der Waals surface area contributed by atoms with Crippen LogP contribution in [0, 0.1) is 11.7 Å². The molecule has 1 aliphatic rings. The number of halogens is 4. The summed E-state index contributed by atoms with van der Waals surface area (Å²) >= 11 is 0. The lowest BCUT2D eigenvalue weighted by Gasteiger charge is -2.37. The number of benzene rings is 2. The van der Waals surface area contributed by atoms with E-state index in [0.717, 1.165) is 12.1 Å². The molecule has 3 rings (SSSR count). The molecule has 0 saturated carbocycles. The molecule has 166 valence electrons. The van der Waals surface area contributed by atoms with Gasteiger partial charge in [-0.25, -0.2) is 9.18 Å². The van der Waals surface area contributed by atoms with Crippen LogP contribution in [0.15, 0.2) is 48.5 Å². The van der Waals surface area contributed by atoms with Gasteiger partial charge in [0.05, 0.1) is 11.6 Å². The van der Waals surface area contributed by atoms with Crippen LogP contribution >= 0.6 is 0 Å². The van der Waals surface area contributed by atoms with Crippen molar-refractivity contribution < 1.29 is 31.9 Å². The van der Waals surface area contributed by atoms with E-state index >= 15 is 0 Å². The second-order valence-corrected chi connectivity index (χ2v) is 7.45. The Morgan fingerprint density at radius 1 is 1.03 bits per heavy atom. The van der Waals surface area contributed by atoms with Crippen molar-refractivity contribution in [1.82, 2.24) is 4.90 Å². The van der Waals surface area contributed by atoms with Gasteiger partial charge in [-0.15, -0.1) is 0 Å². The topological polar surface area (TPSA) is 72.6 Å². The van der Waals surface area contributed by atoms with Gasteiger partial charge >= 0.3 is 12.3 Å². The Bertz CT molecular complexity index is 906. The number of nitrogens with zero attached hydrogens (tertiary/aromatic N) is 1. The quantitative estimate of drug-likeness (QED) is 0.530. The van der Waals surface area contributed by atoms with E-state index in [1.165, 1.54) is 36.4 Å². The van der Waals surface area contributed by atoms with Gasteiger partial charge in [0.25, 0.3) is 0 Å². The summed E-state index contributed by atoms with van der Waals surface area (Å²) in [6.45, 7) is 0.841. The van der Waals surface area contributed by atoms with Crippen LogP contribution < -0.4 is 5.73 Å². The van der Waals surface area contributed by atoms with Crippen LogP contribution in [-0.4, -0.2) is 36.5 Å². The molecule has 31 heavy (non-hydrogen) atoms. The molecule has 0 spiro atoms. The Morgan fingerprint density at radius 2 is 1.61 bits per heavy atom. The first-order valence-corrected chi connectivity index (χ1v) is 9.78. The number of alkyl halides is 3. The Balaban J connectivity index is 1.70. The Kier molecular flexibility index (Phi) is 6.94. The second-order valence-electron chi connectivity index (χ2n) is 7.45. The highest BCUT2D eigenvalue weighted by atomic mass is 19.4. The molecule has 1 saturated heterocycles. The number of amides is 1. The molecule has 1 unspecified atom stereocenters. The third-order valence-electron chi connectivity index (χ3n) is 5.48. The highest BCUT2D eigenvalue weighted by molar-refractivity contribution is 5.97. The van der Waals surface area contributed by atoms with Crippen molar-refractivity contribution in [2.45, 2.75) is 25.1 Å². The summed E-state index contributed by atoms with van der Waals surface area (Å²) in [5, 5.41) is 0. The van der Waals surface area contributed by atoms with Crippen LogP contribution in [0.4, 0.5) is 22.4 Å². The third-order valence-corrected chi connectivity index (χ3v) is 5.48. The Hall–Kier alpha value is -2.94. The summed E-state index contributed by atoms with van der Waals surface area (Å²) in [5.74, 6) is -0.730. The lowest BCUT2D eigenvalue weighted by atomic mass is 9.88. The third kappa shape index (κ3) is 5.81. The zero-order valence-corrected chi connectivity index (χ0v) is 16.6. The maximum Gasteiger partial charge on any atom is 0.416 e. The van der Waals surface area contributed by atoms with Gasteiger partial charge in [0.15, 0.2) is 5.78 Å². The van der Waals surface area contributed by atoms with Gasteiger partial charge in [-0.05, 0) is 67.9 Å². The van der Waals surface area contributed by atoms with Crippen molar-refractivity contribution in [3.63, 3.8) is 0 Å².